The summed E-state index contributed by atoms with van der Waals surface area (Å²) < 4.78 is 5.44. The van der Waals surface area contributed by atoms with Gasteiger partial charge >= 0.3 is 0 Å². The molecule has 0 saturated heterocycles. The first-order chi connectivity index (χ1) is 5.99. The van der Waals surface area contributed by atoms with Gasteiger partial charge in [0, 0.05) is 5.92 Å². The van der Waals surface area contributed by atoms with E-state index in [0.29, 0.717) is 0 Å². The van der Waals surface area contributed by atoms with E-state index in [0.717, 1.165) is 19.1 Å². The number of carbonyl (C=O) groups excluding carboxylic acids is 1. The highest BCUT2D eigenvalue weighted by atomic mass is 28.3. The smallest absolute Gasteiger partial charge is 0.123 e. The Balaban J connectivity index is 2.73. The van der Waals surface area contributed by atoms with Crippen LogP contribution < -0.4 is 0 Å². The Hall–Kier alpha value is -0.573. The van der Waals surface area contributed by atoms with Crippen LogP contribution in [0.2, 0.25) is 19.6 Å². The Morgan fingerprint density at radius 2 is 2.00 bits per heavy atom. The number of hydrogen-bond acceptors (Lipinski definition) is 2. The minimum absolute atomic E-state index is 0.261. The fourth-order valence-electron chi connectivity index (χ4n) is 1.84. The lowest BCUT2D eigenvalue weighted by Gasteiger charge is -2.31. The molecule has 0 spiro atoms. The Bertz CT molecular complexity index is 230. The van der Waals surface area contributed by atoms with Crippen molar-refractivity contribution < 1.29 is 9.53 Å². The highest BCUT2D eigenvalue weighted by molar-refractivity contribution is 6.82. The van der Waals surface area contributed by atoms with Gasteiger partial charge in [0.25, 0.3) is 0 Å². The summed E-state index contributed by atoms with van der Waals surface area (Å²) in [6.07, 6.45) is 2.91. The van der Waals surface area contributed by atoms with E-state index in [2.05, 4.69) is 19.6 Å². The molecule has 0 atom stereocenters. The summed E-state index contributed by atoms with van der Waals surface area (Å²) in [5.41, 5.74) is 1.37. The molecule has 1 aliphatic carbocycles. The largest absolute Gasteiger partial charge is 0.506 e. The molecule has 0 aromatic carbocycles. The van der Waals surface area contributed by atoms with Gasteiger partial charge < -0.3 is 9.53 Å². The lowest BCUT2D eigenvalue weighted by Crippen LogP contribution is -2.31. The minimum Gasteiger partial charge on any atom is -0.506 e. The summed E-state index contributed by atoms with van der Waals surface area (Å²) in [5.74, 6) is 0.261. The number of ether oxygens (including phenoxy) is 1. The van der Waals surface area contributed by atoms with Gasteiger partial charge in [0.15, 0.2) is 0 Å². The van der Waals surface area contributed by atoms with Crippen LogP contribution in [-0.4, -0.2) is 21.5 Å². The van der Waals surface area contributed by atoms with Crippen molar-refractivity contribution in [2.45, 2.75) is 32.5 Å². The van der Waals surface area contributed by atoms with Crippen LogP contribution in [0.25, 0.3) is 0 Å². The summed E-state index contributed by atoms with van der Waals surface area (Å²) in [6.45, 7) is 6.81. The summed E-state index contributed by atoms with van der Waals surface area (Å²) in [5, 5.41) is 1.20. The third-order valence-electron chi connectivity index (χ3n) is 2.42. The molecule has 0 radical (unpaired) electrons. The predicted molar refractivity (Wildman–Crippen MR) is 56.2 cm³/mol. The Kier molecular flexibility index (Phi) is 2.96. The lowest BCUT2D eigenvalue weighted by atomic mass is 9.82. The SMILES string of the molecule is COC(=C1CC(C=O)C1)[Si](C)(C)C. The first-order valence-corrected chi connectivity index (χ1v) is 8.21. The fourth-order valence-corrected chi connectivity index (χ4v) is 3.71. The molecule has 0 amide bonds. The van der Waals surface area contributed by atoms with Crippen molar-refractivity contribution in [3.8, 4) is 0 Å². The van der Waals surface area contributed by atoms with Crippen LogP contribution in [0.3, 0.4) is 0 Å². The van der Waals surface area contributed by atoms with Crippen molar-refractivity contribution in [1.29, 1.82) is 0 Å². The van der Waals surface area contributed by atoms with Crippen molar-refractivity contribution in [3.63, 3.8) is 0 Å². The first kappa shape index (κ1) is 10.5. The maximum Gasteiger partial charge on any atom is 0.123 e. The Morgan fingerprint density at radius 3 is 2.31 bits per heavy atom. The zero-order valence-corrected chi connectivity index (χ0v) is 9.89. The molecular formula is C10H18O2Si. The van der Waals surface area contributed by atoms with Gasteiger partial charge in [0.1, 0.15) is 14.4 Å². The molecule has 13 heavy (non-hydrogen) atoms. The Labute approximate surface area is 81.0 Å². The van der Waals surface area contributed by atoms with E-state index >= 15 is 0 Å². The number of carbonyl (C=O) groups is 1. The average molecular weight is 198 g/mol. The van der Waals surface area contributed by atoms with Crippen molar-refractivity contribution >= 4 is 14.4 Å². The molecule has 1 rings (SSSR count). The van der Waals surface area contributed by atoms with Gasteiger partial charge in [0.05, 0.1) is 12.5 Å². The normalized spacial score (nSPS) is 22.2. The number of rotatable bonds is 3. The topological polar surface area (TPSA) is 26.3 Å². The van der Waals surface area contributed by atoms with Gasteiger partial charge in [-0.2, -0.15) is 0 Å². The molecule has 0 N–H and O–H groups in total. The van der Waals surface area contributed by atoms with Crippen LogP contribution in [0, 0.1) is 5.92 Å². The van der Waals surface area contributed by atoms with Gasteiger partial charge in [-0.3, -0.25) is 0 Å². The molecule has 1 saturated carbocycles. The van der Waals surface area contributed by atoms with Crippen molar-refractivity contribution in [3.05, 3.63) is 11.0 Å². The number of aldehydes is 1. The Morgan fingerprint density at radius 1 is 1.46 bits per heavy atom. The van der Waals surface area contributed by atoms with Crippen LogP contribution in [0.1, 0.15) is 12.8 Å². The second-order valence-electron chi connectivity index (χ2n) is 4.69. The molecule has 0 aromatic rings. The van der Waals surface area contributed by atoms with Gasteiger partial charge in [-0.05, 0) is 18.4 Å². The van der Waals surface area contributed by atoms with Crippen molar-refractivity contribution in [2.24, 2.45) is 5.92 Å². The number of hydrogen-bond donors (Lipinski definition) is 0. The van der Waals surface area contributed by atoms with Gasteiger partial charge in [-0.1, -0.05) is 19.6 Å². The monoisotopic (exact) mass is 198 g/mol. The fraction of sp³-hybridized carbons (Fsp3) is 0.700. The van der Waals surface area contributed by atoms with Crippen LogP contribution in [0.15, 0.2) is 11.0 Å². The summed E-state index contributed by atoms with van der Waals surface area (Å²) in [7, 11) is 0.425. The van der Waals surface area contributed by atoms with Crippen LogP contribution in [-0.2, 0) is 9.53 Å². The summed E-state index contributed by atoms with van der Waals surface area (Å²) in [6, 6.07) is 0. The number of methoxy groups -OCH3 is 1. The molecule has 74 valence electrons. The van der Waals surface area contributed by atoms with Crippen LogP contribution >= 0.6 is 0 Å². The van der Waals surface area contributed by atoms with E-state index in [4.69, 9.17) is 4.74 Å². The summed E-state index contributed by atoms with van der Waals surface area (Å²) in [4.78, 5) is 10.4. The lowest BCUT2D eigenvalue weighted by molar-refractivity contribution is -0.112. The average Bonchev–Trinajstić information content (AvgIpc) is 1.92. The molecule has 0 aliphatic heterocycles. The third-order valence-corrected chi connectivity index (χ3v) is 4.34. The summed E-state index contributed by atoms with van der Waals surface area (Å²) >= 11 is 0. The van der Waals surface area contributed by atoms with E-state index < -0.39 is 8.07 Å². The molecule has 1 aliphatic rings. The quantitative estimate of drug-likeness (QED) is 0.395. The molecule has 2 nitrogen and oxygen atoms in total. The predicted octanol–water partition coefficient (Wildman–Crippen LogP) is 2.37. The van der Waals surface area contributed by atoms with E-state index in [1.54, 1.807) is 7.11 Å². The maximum atomic E-state index is 10.4. The third kappa shape index (κ3) is 2.21. The molecule has 0 unspecified atom stereocenters. The van der Waals surface area contributed by atoms with Gasteiger partial charge in [-0.25, -0.2) is 0 Å². The molecule has 0 aromatic heterocycles. The standard InChI is InChI=1S/C10H18O2Si/c1-12-10(13(2,3)4)9-5-8(6-9)7-11/h7-8H,5-6H2,1-4H3. The van der Waals surface area contributed by atoms with Crippen LogP contribution in [0.4, 0.5) is 0 Å². The zero-order chi connectivity index (χ0) is 10.1. The van der Waals surface area contributed by atoms with Gasteiger partial charge in [-0.15, -0.1) is 0 Å². The highest BCUT2D eigenvalue weighted by Gasteiger charge is 2.32. The zero-order valence-electron chi connectivity index (χ0n) is 8.89. The minimum atomic E-state index is -1.32. The molecule has 3 heteroatoms. The van der Waals surface area contributed by atoms with E-state index in [1.807, 2.05) is 0 Å². The highest BCUT2D eigenvalue weighted by Crippen LogP contribution is 2.36. The molecule has 0 heterocycles. The van der Waals surface area contributed by atoms with Crippen LogP contribution in [0.5, 0.6) is 0 Å². The molecular weight excluding hydrogens is 180 g/mol. The van der Waals surface area contributed by atoms with E-state index in [9.17, 15) is 4.79 Å². The first-order valence-electron chi connectivity index (χ1n) is 4.71. The maximum absolute atomic E-state index is 10.4. The number of allylic oxidation sites excluding steroid dienone is 1. The van der Waals surface area contributed by atoms with Crippen molar-refractivity contribution in [2.75, 3.05) is 7.11 Å². The molecule has 1 fully saturated rings. The van der Waals surface area contributed by atoms with E-state index in [-0.39, 0.29) is 5.92 Å². The second kappa shape index (κ2) is 3.66. The molecule has 0 bridgehead atoms. The van der Waals surface area contributed by atoms with Crippen molar-refractivity contribution in [1.82, 2.24) is 0 Å². The second-order valence-corrected chi connectivity index (χ2v) is 9.65. The van der Waals surface area contributed by atoms with E-state index in [1.165, 1.54) is 11.0 Å². The van der Waals surface area contributed by atoms with Gasteiger partial charge in [0.2, 0.25) is 0 Å².